The predicted molar refractivity (Wildman–Crippen MR) is 67.9 cm³/mol. The molecule has 1 rings (SSSR count). The average molecular weight is 236 g/mol. The fourth-order valence-corrected chi connectivity index (χ4v) is 1.36. The monoisotopic (exact) mass is 236 g/mol. The van der Waals surface area contributed by atoms with Crippen LogP contribution in [0.4, 0.5) is 0 Å². The normalized spacial score (nSPS) is 10.3. The van der Waals surface area contributed by atoms with Crippen molar-refractivity contribution in [2.45, 2.75) is 13.8 Å². The standard InChI is InChI=1S/C13H20N2O2/c1-3-15(4-2)11-14-13(16)10-17-12-8-6-5-7-9-12/h5-9H,3-4,10-11H2,1-2H3,(H,14,16). The molecule has 0 bridgehead atoms. The molecule has 17 heavy (non-hydrogen) atoms. The summed E-state index contributed by atoms with van der Waals surface area (Å²) in [5, 5.41) is 2.82. The van der Waals surface area contributed by atoms with Crippen molar-refractivity contribution >= 4 is 5.91 Å². The lowest BCUT2D eigenvalue weighted by atomic mass is 10.3. The van der Waals surface area contributed by atoms with E-state index < -0.39 is 0 Å². The highest BCUT2D eigenvalue weighted by Gasteiger charge is 2.04. The van der Waals surface area contributed by atoms with Crippen molar-refractivity contribution < 1.29 is 9.53 Å². The van der Waals surface area contributed by atoms with Gasteiger partial charge in [0.25, 0.3) is 5.91 Å². The summed E-state index contributed by atoms with van der Waals surface area (Å²) in [6.45, 7) is 6.62. The van der Waals surface area contributed by atoms with E-state index in [1.165, 1.54) is 0 Å². The van der Waals surface area contributed by atoms with Gasteiger partial charge in [-0.05, 0) is 25.2 Å². The number of para-hydroxylation sites is 1. The summed E-state index contributed by atoms with van der Waals surface area (Å²) in [6, 6.07) is 9.33. The number of nitrogens with zero attached hydrogens (tertiary/aromatic N) is 1. The van der Waals surface area contributed by atoms with E-state index in [1.807, 2.05) is 30.3 Å². The molecule has 4 heteroatoms. The summed E-state index contributed by atoms with van der Waals surface area (Å²) in [6.07, 6.45) is 0. The van der Waals surface area contributed by atoms with Gasteiger partial charge in [-0.2, -0.15) is 0 Å². The molecule has 1 aromatic carbocycles. The highest BCUT2D eigenvalue weighted by molar-refractivity contribution is 5.77. The van der Waals surface area contributed by atoms with Crippen molar-refractivity contribution in [2.75, 3.05) is 26.4 Å². The molecule has 0 saturated heterocycles. The van der Waals surface area contributed by atoms with Crippen molar-refractivity contribution in [3.8, 4) is 5.75 Å². The Hall–Kier alpha value is -1.55. The predicted octanol–water partition coefficient (Wildman–Crippen LogP) is 1.48. The van der Waals surface area contributed by atoms with E-state index in [9.17, 15) is 4.79 Å². The molecule has 0 unspecified atom stereocenters. The lowest BCUT2D eigenvalue weighted by Crippen LogP contribution is -2.39. The second-order valence-electron chi connectivity index (χ2n) is 3.66. The van der Waals surface area contributed by atoms with Crippen LogP contribution in [-0.4, -0.2) is 37.2 Å². The van der Waals surface area contributed by atoms with Crippen LogP contribution in [0.15, 0.2) is 30.3 Å². The minimum Gasteiger partial charge on any atom is -0.484 e. The molecule has 0 spiro atoms. The van der Waals surface area contributed by atoms with Crippen LogP contribution in [0.3, 0.4) is 0 Å². The molecule has 1 aromatic rings. The number of carbonyl (C=O) groups is 1. The quantitative estimate of drug-likeness (QED) is 0.729. The van der Waals surface area contributed by atoms with E-state index in [1.54, 1.807) is 0 Å². The zero-order chi connectivity index (χ0) is 12.5. The summed E-state index contributed by atoms with van der Waals surface area (Å²) in [5.41, 5.74) is 0. The van der Waals surface area contributed by atoms with Crippen LogP contribution in [0.5, 0.6) is 5.75 Å². The van der Waals surface area contributed by atoms with Crippen LogP contribution < -0.4 is 10.1 Å². The van der Waals surface area contributed by atoms with Gasteiger partial charge in [0.05, 0.1) is 6.67 Å². The Labute approximate surface area is 103 Å². The van der Waals surface area contributed by atoms with Gasteiger partial charge in [0, 0.05) is 0 Å². The highest BCUT2D eigenvalue weighted by atomic mass is 16.5. The number of carbonyl (C=O) groups excluding carboxylic acids is 1. The lowest BCUT2D eigenvalue weighted by molar-refractivity contribution is -0.123. The number of benzene rings is 1. The topological polar surface area (TPSA) is 41.6 Å². The van der Waals surface area contributed by atoms with Crippen molar-refractivity contribution in [3.05, 3.63) is 30.3 Å². The first-order valence-electron chi connectivity index (χ1n) is 5.93. The number of amides is 1. The largest absolute Gasteiger partial charge is 0.484 e. The minimum atomic E-state index is -0.0965. The third kappa shape index (κ3) is 5.36. The summed E-state index contributed by atoms with van der Waals surface area (Å²) < 4.78 is 5.34. The number of hydrogen-bond donors (Lipinski definition) is 1. The summed E-state index contributed by atoms with van der Waals surface area (Å²) in [5.74, 6) is 0.617. The van der Waals surface area contributed by atoms with E-state index >= 15 is 0 Å². The van der Waals surface area contributed by atoms with Crippen LogP contribution in [0, 0.1) is 0 Å². The number of nitrogens with one attached hydrogen (secondary N) is 1. The molecule has 0 radical (unpaired) electrons. The van der Waals surface area contributed by atoms with Crippen LogP contribution >= 0.6 is 0 Å². The average Bonchev–Trinajstić information content (AvgIpc) is 2.39. The molecule has 0 aliphatic rings. The van der Waals surface area contributed by atoms with Crippen molar-refractivity contribution in [1.29, 1.82) is 0 Å². The Kier molecular flexibility index (Phi) is 6.10. The molecule has 0 heterocycles. The first-order valence-corrected chi connectivity index (χ1v) is 5.93. The van der Waals surface area contributed by atoms with Crippen molar-refractivity contribution in [2.24, 2.45) is 0 Å². The molecule has 1 N–H and O–H groups in total. The maximum atomic E-state index is 11.5. The van der Waals surface area contributed by atoms with Gasteiger partial charge >= 0.3 is 0 Å². The second-order valence-corrected chi connectivity index (χ2v) is 3.66. The minimum absolute atomic E-state index is 0.0608. The maximum Gasteiger partial charge on any atom is 0.258 e. The molecule has 0 aromatic heterocycles. The van der Waals surface area contributed by atoms with E-state index in [4.69, 9.17) is 4.74 Å². The van der Waals surface area contributed by atoms with Gasteiger partial charge in [-0.1, -0.05) is 32.0 Å². The van der Waals surface area contributed by atoms with Crippen LogP contribution in [0.1, 0.15) is 13.8 Å². The van der Waals surface area contributed by atoms with Gasteiger partial charge in [-0.15, -0.1) is 0 Å². The van der Waals surface area contributed by atoms with Gasteiger partial charge < -0.3 is 10.1 Å². The van der Waals surface area contributed by atoms with Crippen molar-refractivity contribution in [3.63, 3.8) is 0 Å². The number of ether oxygens (including phenoxy) is 1. The zero-order valence-electron chi connectivity index (χ0n) is 10.5. The first-order chi connectivity index (χ1) is 8.26. The molecule has 0 fully saturated rings. The molecule has 94 valence electrons. The fourth-order valence-electron chi connectivity index (χ4n) is 1.36. The van der Waals surface area contributed by atoms with E-state index in [-0.39, 0.29) is 12.5 Å². The summed E-state index contributed by atoms with van der Waals surface area (Å²) >= 11 is 0. The summed E-state index contributed by atoms with van der Waals surface area (Å²) in [7, 11) is 0. The third-order valence-electron chi connectivity index (χ3n) is 2.51. The van der Waals surface area contributed by atoms with Gasteiger partial charge in [0.15, 0.2) is 6.61 Å². The molecule has 0 aliphatic carbocycles. The second kappa shape index (κ2) is 7.68. The first kappa shape index (κ1) is 13.5. The Balaban J connectivity index is 2.22. The van der Waals surface area contributed by atoms with Gasteiger partial charge in [0.2, 0.25) is 0 Å². The van der Waals surface area contributed by atoms with E-state index in [0.29, 0.717) is 12.4 Å². The highest BCUT2D eigenvalue weighted by Crippen LogP contribution is 2.07. The Morgan fingerprint density at radius 3 is 2.47 bits per heavy atom. The maximum absolute atomic E-state index is 11.5. The van der Waals surface area contributed by atoms with Gasteiger partial charge in [-0.25, -0.2) is 0 Å². The zero-order valence-corrected chi connectivity index (χ0v) is 10.5. The lowest BCUT2D eigenvalue weighted by Gasteiger charge is -2.18. The van der Waals surface area contributed by atoms with Crippen LogP contribution in [0.2, 0.25) is 0 Å². The van der Waals surface area contributed by atoms with E-state index in [2.05, 4.69) is 24.1 Å². The van der Waals surface area contributed by atoms with E-state index in [0.717, 1.165) is 13.1 Å². The van der Waals surface area contributed by atoms with Crippen molar-refractivity contribution in [1.82, 2.24) is 10.2 Å². The fraction of sp³-hybridized carbons (Fsp3) is 0.462. The molecular weight excluding hydrogens is 216 g/mol. The smallest absolute Gasteiger partial charge is 0.258 e. The molecule has 1 amide bonds. The van der Waals surface area contributed by atoms with Gasteiger partial charge in [-0.3, -0.25) is 9.69 Å². The van der Waals surface area contributed by atoms with Crippen LogP contribution in [0.25, 0.3) is 0 Å². The Morgan fingerprint density at radius 2 is 1.88 bits per heavy atom. The molecule has 0 saturated carbocycles. The molecular formula is C13H20N2O2. The van der Waals surface area contributed by atoms with Crippen LogP contribution in [-0.2, 0) is 4.79 Å². The number of rotatable bonds is 7. The Bertz CT molecular complexity index is 323. The van der Waals surface area contributed by atoms with Gasteiger partial charge in [0.1, 0.15) is 5.75 Å². The third-order valence-corrected chi connectivity index (χ3v) is 2.51. The summed E-state index contributed by atoms with van der Waals surface area (Å²) in [4.78, 5) is 13.6. The SMILES string of the molecule is CCN(CC)CNC(=O)COc1ccccc1. The molecule has 4 nitrogen and oxygen atoms in total. The molecule has 0 aliphatic heterocycles. The number of hydrogen-bond acceptors (Lipinski definition) is 3. The Morgan fingerprint density at radius 1 is 1.24 bits per heavy atom. The molecule has 0 atom stereocenters.